The first-order valence-corrected chi connectivity index (χ1v) is 9.24. The van der Waals surface area contributed by atoms with Gasteiger partial charge >= 0.3 is 6.03 Å². The number of nitrogens with zero attached hydrogens (tertiary/aromatic N) is 3. The van der Waals surface area contributed by atoms with E-state index in [1.165, 1.54) is 11.3 Å². The van der Waals surface area contributed by atoms with Crippen molar-refractivity contribution in [2.45, 2.75) is 40.7 Å². The maximum atomic E-state index is 12.1. The predicted octanol–water partition coefficient (Wildman–Crippen LogP) is 3.80. The van der Waals surface area contributed by atoms with Crippen LogP contribution in [0.5, 0.6) is 0 Å². The fraction of sp³-hybridized carbons (Fsp3) is 0.389. The summed E-state index contributed by atoms with van der Waals surface area (Å²) in [5.41, 5.74) is 5.18. The summed E-state index contributed by atoms with van der Waals surface area (Å²) in [6.45, 7) is 9.39. The largest absolute Gasteiger partial charge is 0.336 e. The van der Waals surface area contributed by atoms with Crippen molar-refractivity contribution < 1.29 is 4.79 Å². The molecule has 132 valence electrons. The van der Waals surface area contributed by atoms with Gasteiger partial charge in [-0.25, -0.2) is 9.78 Å². The molecule has 0 fully saturated rings. The van der Waals surface area contributed by atoms with Crippen LogP contribution in [0.2, 0.25) is 0 Å². The van der Waals surface area contributed by atoms with E-state index in [9.17, 15) is 4.79 Å². The SMILES string of the molecule is CCc1c(C)nn(CCNC(=O)Nc2ccc3sc(C)nc3c2)c1C. The molecule has 0 aliphatic heterocycles. The molecule has 3 rings (SSSR count). The Morgan fingerprint density at radius 1 is 1.28 bits per heavy atom. The number of carbonyl (C=O) groups is 1. The lowest BCUT2D eigenvalue weighted by Gasteiger charge is -2.09. The van der Waals surface area contributed by atoms with Crippen LogP contribution >= 0.6 is 11.3 Å². The van der Waals surface area contributed by atoms with Crippen LogP contribution in [-0.2, 0) is 13.0 Å². The lowest BCUT2D eigenvalue weighted by molar-refractivity contribution is 0.251. The van der Waals surface area contributed by atoms with Crippen LogP contribution in [0.1, 0.15) is 28.9 Å². The first kappa shape index (κ1) is 17.4. The Hall–Kier alpha value is -2.41. The number of nitrogens with one attached hydrogen (secondary N) is 2. The highest BCUT2D eigenvalue weighted by Crippen LogP contribution is 2.24. The third-order valence-corrected chi connectivity index (χ3v) is 5.20. The van der Waals surface area contributed by atoms with Crippen LogP contribution in [-0.4, -0.2) is 27.3 Å². The lowest BCUT2D eigenvalue weighted by atomic mass is 10.1. The molecule has 0 radical (unpaired) electrons. The van der Waals surface area contributed by atoms with E-state index in [4.69, 9.17) is 0 Å². The first-order chi connectivity index (χ1) is 12.0. The number of fused-ring (bicyclic) bond motifs is 1. The summed E-state index contributed by atoms with van der Waals surface area (Å²) in [5, 5.41) is 11.3. The van der Waals surface area contributed by atoms with Gasteiger partial charge in [0.1, 0.15) is 0 Å². The number of rotatable bonds is 5. The Morgan fingerprint density at radius 2 is 2.08 bits per heavy atom. The minimum atomic E-state index is -0.219. The third kappa shape index (κ3) is 3.82. The van der Waals surface area contributed by atoms with Gasteiger partial charge in [-0.2, -0.15) is 5.10 Å². The second kappa shape index (κ2) is 7.23. The molecule has 25 heavy (non-hydrogen) atoms. The van der Waals surface area contributed by atoms with Crippen molar-refractivity contribution in [3.05, 3.63) is 40.2 Å². The van der Waals surface area contributed by atoms with E-state index in [-0.39, 0.29) is 6.03 Å². The molecule has 6 nitrogen and oxygen atoms in total. The number of hydrogen-bond donors (Lipinski definition) is 2. The molecule has 7 heteroatoms. The fourth-order valence-electron chi connectivity index (χ4n) is 3.03. The van der Waals surface area contributed by atoms with Crippen LogP contribution < -0.4 is 10.6 Å². The van der Waals surface area contributed by atoms with Crippen LogP contribution in [0.4, 0.5) is 10.5 Å². The van der Waals surface area contributed by atoms with E-state index < -0.39 is 0 Å². The predicted molar refractivity (Wildman–Crippen MR) is 102 cm³/mol. The Kier molecular flexibility index (Phi) is 5.03. The number of amides is 2. The van der Waals surface area contributed by atoms with E-state index in [2.05, 4.69) is 34.6 Å². The average molecular weight is 357 g/mol. The monoisotopic (exact) mass is 357 g/mol. The lowest BCUT2D eigenvalue weighted by Crippen LogP contribution is -2.31. The van der Waals surface area contributed by atoms with Crippen molar-refractivity contribution in [1.82, 2.24) is 20.1 Å². The summed E-state index contributed by atoms with van der Waals surface area (Å²) in [4.78, 5) is 16.5. The molecule has 2 N–H and O–H groups in total. The van der Waals surface area contributed by atoms with Gasteiger partial charge in [0.2, 0.25) is 0 Å². The van der Waals surface area contributed by atoms with Gasteiger partial charge in [0.25, 0.3) is 0 Å². The average Bonchev–Trinajstić information content (AvgIpc) is 3.05. The van der Waals surface area contributed by atoms with E-state index in [1.54, 1.807) is 11.3 Å². The molecule has 1 aromatic carbocycles. The Morgan fingerprint density at radius 3 is 2.80 bits per heavy atom. The number of aryl methyl sites for hydroxylation is 2. The van der Waals surface area contributed by atoms with Crippen LogP contribution in [0.3, 0.4) is 0 Å². The van der Waals surface area contributed by atoms with Gasteiger partial charge in [-0.15, -0.1) is 11.3 Å². The first-order valence-electron chi connectivity index (χ1n) is 8.43. The molecular weight excluding hydrogens is 334 g/mol. The molecule has 0 saturated heterocycles. The fourth-order valence-corrected chi connectivity index (χ4v) is 3.84. The number of benzene rings is 1. The van der Waals surface area contributed by atoms with Crippen molar-refractivity contribution >= 4 is 33.3 Å². The van der Waals surface area contributed by atoms with Gasteiger partial charge in [0, 0.05) is 17.9 Å². The van der Waals surface area contributed by atoms with Crippen LogP contribution in [0.15, 0.2) is 18.2 Å². The van der Waals surface area contributed by atoms with Crippen molar-refractivity contribution in [2.75, 3.05) is 11.9 Å². The van der Waals surface area contributed by atoms with E-state index in [1.807, 2.05) is 36.7 Å². The molecule has 0 bridgehead atoms. The molecule has 3 aromatic rings. The van der Waals surface area contributed by atoms with Gasteiger partial charge in [0.05, 0.1) is 27.5 Å². The van der Waals surface area contributed by atoms with Gasteiger partial charge in [0.15, 0.2) is 0 Å². The van der Waals surface area contributed by atoms with Gasteiger partial charge in [-0.1, -0.05) is 6.92 Å². The molecule has 0 atom stereocenters. The van der Waals surface area contributed by atoms with Gasteiger partial charge < -0.3 is 10.6 Å². The summed E-state index contributed by atoms with van der Waals surface area (Å²) < 4.78 is 3.08. The van der Waals surface area contributed by atoms with E-state index in [0.29, 0.717) is 13.1 Å². The smallest absolute Gasteiger partial charge is 0.319 e. The van der Waals surface area contributed by atoms with Crippen molar-refractivity contribution in [2.24, 2.45) is 0 Å². The normalized spacial score (nSPS) is 11.0. The van der Waals surface area contributed by atoms with Crippen molar-refractivity contribution in [3.63, 3.8) is 0 Å². The number of urea groups is 1. The number of anilines is 1. The minimum absolute atomic E-state index is 0.219. The molecule has 0 aliphatic rings. The Balaban J connectivity index is 1.55. The minimum Gasteiger partial charge on any atom is -0.336 e. The maximum absolute atomic E-state index is 12.1. The molecule has 2 amide bonds. The second-order valence-corrected chi connectivity index (χ2v) is 7.26. The summed E-state index contributed by atoms with van der Waals surface area (Å²) in [5.74, 6) is 0. The molecular formula is C18H23N5OS. The molecule has 0 aliphatic carbocycles. The summed E-state index contributed by atoms with van der Waals surface area (Å²) in [7, 11) is 0. The van der Waals surface area contributed by atoms with E-state index in [0.717, 1.165) is 33.0 Å². The number of aromatic nitrogens is 3. The highest BCUT2D eigenvalue weighted by Gasteiger charge is 2.10. The zero-order chi connectivity index (χ0) is 18.0. The molecule has 2 heterocycles. The molecule has 0 saturated carbocycles. The summed E-state index contributed by atoms with van der Waals surface area (Å²) in [6.07, 6.45) is 0.976. The topological polar surface area (TPSA) is 71.8 Å². The van der Waals surface area contributed by atoms with Gasteiger partial charge in [-0.3, -0.25) is 4.68 Å². The van der Waals surface area contributed by atoms with Crippen LogP contribution in [0, 0.1) is 20.8 Å². The van der Waals surface area contributed by atoms with Crippen molar-refractivity contribution in [3.8, 4) is 0 Å². The Labute approximate surface area is 151 Å². The zero-order valence-electron chi connectivity index (χ0n) is 15.0. The van der Waals surface area contributed by atoms with E-state index >= 15 is 0 Å². The Bertz CT molecular complexity index is 912. The third-order valence-electron chi connectivity index (χ3n) is 4.25. The molecule has 2 aromatic heterocycles. The number of carbonyl (C=O) groups excluding carboxylic acids is 1. The van der Waals surface area contributed by atoms with Crippen LogP contribution in [0.25, 0.3) is 10.2 Å². The maximum Gasteiger partial charge on any atom is 0.319 e. The van der Waals surface area contributed by atoms with Gasteiger partial charge in [-0.05, 0) is 51.0 Å². The van der Waals surface area contributed by atoms with Crippen molar-refractivity contribution in [1.29, 1.82) is 0 Å². The highest BCUT2D eigenvalue weighted by atomic mass is 32.1. The second-order valence-electron chi connectivity index (χ2n) is 6.02. The standard InChI is InChI=1S/C18H23N5OS/c1-5-15-11(2)22-23(12(15)3)9-8-19-18(24)21-14-6-7-17-16(10-14)20-13(4)25-17/h6-7,10H,5,8-9H2,1-4H3,(H2,19,21,24). The number of thiazole rings is 1. The summed E-state index contributed by atoms with van der Waals surface area (Å²) in [6, 6.07) is 5.56. The summed E-state index contributed by atoms with van der Waals surface area (Å²) >= 11 is 1.65. The molecule has 0 unspecified atom stereocenters. The number of hydrogen-bond acceptors (Lipinski definition) is 4. The quantitative estimate of drug-likeness (QED) is 0.729. The molecule has 0 spiro atoms. The zero-order valence-corrected chi connectivity index (χ0v) is 15.8. The highest BCUT2D eigenvalue weighted by molar-refractivity contribution is 7.18.